The van der Waals surface area contributed by atoms with Gasteiger partial charge in [0.1, 0.15) is 12.4 Å². The van der Waals surface area contributed by atoms with Crippen LogP contribution in [-0.2, 0) is 11.4 Å². The van der Waals surface area contributed by atoms with Gasteiger partial charge in [0.2, 0.25) is 0 Å². The molecule has 1 heterocycles. The Hall–Kier alpha value is -2.00. The Balaban J connectivity index is 1.50. The fraction of sp³-hybridized carbons (Fsp3) is 0.0435. The summed E-state index contributed by atoms with van der Waals surface area (Å²) in [5.41, 5.74) is 2.20. The van der Waals surface area contributed by atoms with Gasteiger partial charge in [-0.15, -0.1) is 0 Å². The molecule has 1 fully saturated rings. The van der Waals surface area contributed by atoms with E-state index in [9.17, 15) is 9.59 Å². The summed E-state index contributed by atoms with van der Waals surface area (Å²) >= 11 is 15.2. The standard InChI is InChI=1S/C23H14Cl2INO3S/c24-16-6-8-17(9-7-16)27-22(28)21(31-23(27)29)12-14-5-10-20(19(26)11-14)30-13-15-3-1-2-4-18(15)25/h1-12H,13H2/b21-12+. The minimum atomic E-state index is -0.355. The molecule has 2 amide bonds. The van der Waals surface area contributed by atoms with Crippen LogP contribution < -0.4 is 9.64 Å². The molecule has 1 aliphatic rings. The second-order valence-corrected chi connectivity index (χ2v) is 9.56. The lowest BCUT2D eigenvalue weighted by atomic mass is 10.2. The number of nitrogens with zero attached hydrogens (tertiary/aromatic N) is 1. The van der Waals surface area contributed by atoms with Gasteiger partial charge in [0.25, 0.3) is 11.1 Å². The smallest absolute Gasteiger partial charge is 0.298 e. The number of carbonyl (C=O) groups excluding carboxylic acids is 2. The van der Waals surface area contributed by atoms with E-state index in [1.807, 2.05) is 42.5 Å². The first-order valence-electron chi connectivity index (χ1n) is 9.11. The number of ether oxygens (including phenoxy) is 1. The van der Waals surface area contributed by atoms with E-state index in [1.54, 1.807) is 30.3 Å². The molecule has 1 aliphatic heterocycles. The summed E-state index contributed by atoms with van der Waals surface area (Å²) in [4.78, 5) is 26.7. The minimum absolute atomic E-state index is 0.340. The topological polar surface area (TPSA) is 46.6 Å². The fourth-order valence-corrected chi connectivity index (χ4v) is 4.78. The molecule has 31 heavy (non-hydrogen) atoms. The summed E-state index contributed by atoms with van der Waals surface area (Å²) in [6, 6.07) is 19.7. The van der Waals surface area contributed by atoms with Gasteiger partial charge in [-0.1, -0.05) is 47.5 Å². The van der Waals surface area contributed by atoms with Crippen molar-refractivity contribution in [3.8, 4) is 5.75 Å². The van der Waals surface area contributed by atoms with E-state index < -0.39 is 0 Å². The maximum Gasteiger partial charge on any atom is 0.298 e. The van der Waals surface area contributed by atoms with Crippen molar-refractivity contribution in [2.45, 2.75) is 6.61 Å². The molecule has 4 rings (SSSR count). The highest BCUT2D eigenvalue weighted by molar-refractivity contribution is 14.1. The Morgan fingerprint density at radius 2 is 1.74 bits per heavy atom. The van der Waals surface area contributed by atoms with Crippen LogP contribution in [0, 0.1) is 3.57 Å². The van der Waals surface area contributed by atoms with E-state index in [-0.39, 0.29) is 11.1 Å². The van der Waals surface area contributed by atoms with Crippen molar-refractivity contribution in [3.05, 3.63) is 96.4 Å². The lowest BCUT2D eigenvalue weighted by Crippen LogP contribution is -2.27. The van der Waals surface area contributed by atoms with Gasteiger partial charge in [-0.05, 0) is 88.5 Å². The molecule has 0 N–H and O–H groups in total. The zero-order valence-electron chi connectivity index (χ0n) is 15.8. The molecule has 1 saturated heterocycles. The normalized spacial score (nSPS) is 15.1. The first kappa shape index (κ1) is 22.2. The molecular formula is C23H14Cl2INO3S. The van der Waals surface area contributed by atoms with E-state index in [0.29, 0.717) is 33.0 Å². The zero-order valence-corrected chi connectivity index (χ0v) is 20.3. The number of imide groups is 1. The van der Waals surface area contributed by atoms with Crippen LogP contribution in [0.3, 0.4) is 0 Å². The van der Waals surface area contributed by atoms with Crippen molar-refractivity contribution < 1.29 is 14.3 Å². The number of hydrogen-bond acceptors (Lipinski definition) is 4. The molecule has 3 aromatic carbocycles. The van der Waals surface area contributed by atoms with Gasteiger partial charge in [0, 0.05) is 15.6 Å². The second kappa shape index (κ2) is 9.65. The van der Waals surface area contributed by atoms with E-state index in [4.69, 9.17) is 27.9 Å². The Labute approximate surface area is 207 Å². The average Bonchev–Trinajstić information content (AvgIpc) is 3.02. The molecule has 3 aromatic rings. The van der Waals surface area contributed by atoms with Crippen molar-refractivity contribution in [1.82, 2.24) is 0 Å². The van der Waals surface area contributed by atoms with Gasteiger partial charge < -0.3 is 4.74 Å². The third-order valence-corrected chi connectivity index (χ3v) is 6.81. The van der Waals surface area contributed by atoms with Crippen LogP contribution in [-0.4, -0.2) is 11.1 Å². The van der Waals surface area contributed by atoms with Crippen molar-refractivity contribution in [2.75, 3.05) is 4.90 Å². The summed E-state index contributed by atoms with van der Waals surface area (Å²) in [6.07, 6.45) is 1.71. The van der Waals surface area contributed by atoms with Crippen molar-refractivity contribution in [2.24, 2.45) is 0 Å². The monoisotopic (exact) mass is 581 g/mol. The van der Waals surface area contributed by atoms with E-state index in [0.717, 1.165) is 31.4 Å². The molecule has 0 saturated carbocycles. The summed E-state index contributed by atoms with van der Waals surface area (Å²) in [5, 5.41) is 0.858. The predicted octanol–water partition coefficient (Wildman–Crippen LogP) is 7.42. The van der Waals surface area contributed by atoms with Gasteiger partial charge in [0.05, 0.1) is 14.2 Å². The molecule has 0 radical (unpaired) electrons. The summed E-state index contributed by atoms with van der Waals surface area (Å²) in [6.45, 7) is 0.356. The lowest BCUT2D eigenvalue weighted by molar-refractivity contribution is -0.113. The van der Waals surface area contributed by atoms with Crippen LogP contribution in [0.25, 0.3) is 6.08 Å². The van der Waals surface area contributed by atoms with Gasteiger partial charge >= 0.3 is 0 Å². The SMILES string of the molecule is O=C1S/C(=C/c2ccc(OCc3ccccc3Cl)c(I)c2)C(=O)N1c1ccc(Cl)cc1. The number of hydrogen-bond donors (Lipinski definition) is 0. The quantitative estimate of drug-likeness (QED) is 0.232. The highest BCUT2D eigenvalue weighted by Gasteiger charge is 2.36. The third kappa shape index (κ3) is 5.09. The summed E-state index contributed by atoms with van der Waals surface area (Å²) < 4.78 is 6.78. The lowest BCUT2D eigenvalue weighted by Gasteiger charge is -2.12. The number of halogens is 3. The molecule has 0 aliphatic carbocycles. The van der Waals surface area contributed by atoms with Crippen LogP contribution in [0.2, 0.25) is 10.0 Å². The second-order valence-electron chi connectivity index (χ2n) is 6.56. The molecule has 8 heteroatoms. The van der Waals surface area contributed by atoms with Gasteiger partial charge in [-0.25, -0.2) is 4.90 Å². The van der Waals surface area contributed by atoms with Gasteiger partial charge in [-0.2, -0.15) is 0 Å². The van der Waals surface area contributed by atoms with E-state index >= 15 is 0 Å². The molecule has 4 nitrogen and oxygen atoms in total. The maximum absolute atomic E-state index is 12.8. The Bertz CT molecular complexity index is 1200. The predicted molar refractivity (Wildman–Crippen MR) is 135 cm³/mol. The van der Waals surface area contributed by atoms with Crippen molar-refractivity contribution >= 4 is 80.5 Å². The molecule has 0 unspecified atom stereocenters. The Kier molecular flexibility index (Phi) is 6.91. The molecule has 0 atom stereocenters. The van der Waals surface area contributed by atoms with Crippen LogP contribution in [0.15, 0.2) is 71.6 Å². The fourth-order valence-electron chi connectivity index (χ4n) is 2.93. The molecule has 0 spiro atoms. The molecule has 156 valence electrons. The number of thioether (sulfide) groups is 1. The maximum atomic E-state index is 12.8. The number of carbonyl (C=O) groups is 2. The van der Waals surface area contributed by atoms with Crippen molar-refractivity contribution in [3.63, 3.8) is 0 Å². The average molecular weight is 582 g/mol. The summed E-state index contributed by atoms with van der Waals surface area (Å²) in [5.74, 6) is 0.360. The molecule has 0 aromatic heterocycles. The first-order valence-corrected chi connectivity index (χ1v) is 11.8. The van der Waals surface area contributed by atoms with Crippen molar-refractivity contribution in [1.29, 1.82) is 0 Å². The Morgan fingerprint density at radius 1 is 1.00 bits per heavy atom. The molecule has 0 bridgehead atoms. The largest absolute Gasteiger partial charge is 0.488 e. The minimum Gasteiger partial charge on any atom is -0.488 e. The van der Waals surface area contributed by atoms with Crippen LogP contribution >= 0.6 is 57.6 Å². The number of benzene rings is 3. The van der Waals surface area contributed by atoms with Crippen LogP contribution in [0.4, 0.5) is 10.5 Å². The van der Waals surface area contributed by atoms with Crippen LogP contribution in [0.5, 0.6) is 5.75 Å². The van der Waals surface area contributed by atoms with Gasteiger partial charge in [0.15, 0.2) is 0 Å². The number of anilines is 1. The van der Waals surface area contributed by atoms with Crippen LogP contribution in [0.1, 0.15) is 11.1 Å². The van der Waals surface area contributed by atoms with Gasteiger partial charge in [-0.3, -0.25) is 9.59 Å². The highest BCUT2D eigenvalue weighted by Crippen LogP contribution is 2.36. The van der Waals surface area contributed by atoms with E-state index in [1.165, 1.54) is 0 Å². The summed E-state index contributed by atoms with van der Waals surface area (Å²) in [7, 11) is 0. The van der Waals surface area contributed by atoms with E-state index in [2.05, 4.69) is 22.6 Å². The molecular weight excluding hydrogens is 568 g/mol. The first-order chi connectivity index (χ1) is 14.9. The number of rotatable bonds is 5. The number of amides is 2. The Morgan fingerprint density at radius 3 is 2.45 bits per heavy atom. The zero-order chi connectivity index (χ0) is 22.0. The third-order valence-electron chi connectivity index (χ3n) is 4.47. The highest BCUT2D eigenvalue weighted by atomic mass is 127.